The number of carbonyl (C=O) groups excluding carboxylic acids is 2. The van der Waals surface area contributed by atoms with Gasteiger partial charge in [0.1, 0.15) is 17.1 Å². The fourth-order valence-corrected chi connectivity index (χ4v) is 3.65. The van der Waals surface area contributed by atoms with Crippen LogP contribution in [0.25, 0.3) is 11.0 Å². The van der Waals surface area contributed by atoms with E-state index in [-0.39, 0.29) is 16.8 Å². The van der Waals surface area contributed by atoms with E-state index >= 15 is 0 Å². The minimum Gasteiger partial charge on any atom is -0.497 e. The van der Waals surface area contributed by atoms with Crippen molar-refractivity contribution in [2.24, 2.45) is 0 Å². The number of thiocarbonyl (C=S) groups is 1. The van der Waals surface area contributed by atoms with Crippen molar-refractivity contribution in [2.75, 3.05) is 24.9 Å². The summed E-state index contributed by atoms with van der Waals surface area (Å²) in [4.78, 5) is 25.3. The van der Waals surface area contributed by atoms with Crippen molar-refractivity contribution < 1.29 is 23.5 Å². The van der Waals surface area contributed by atoms with Gasteiger partial charge in [-0.1, -0.05) is 18.2 Å². The van der Waals surface area contributed by atoms with Crippen molar-refractivity contribution in [3.63, 3.8) is 0 Å². The summed E-state index contributed by atoms with van der Waals surface area (Å²) in [5.41, 5.74) is 3.06. The van der Waals surface area contributed by atoms with Gasteiger partial charge in [0.25, 0.3) is 11.8 Å². The van der Waals surface area contributed by atoms with Crippen LogP contribution in [-0.2, 0) is 0 Å². The first-order chi connectivity index (χ1) is 16.9. The normalized spacial score (nSPS) is 10.5. The first-order valence-electron chi connectivity index (χ1n) is 10.6. The molecule has 0 bridgehead atoms. The monoisotopic (exact) mass is 489 g/mol. The number of amides is 2. The van der Waals surface area contributed by atoms with Crippen LogP contribution in [0.1, 0.15) is 26.5 Å². The Morgan fingerprint density at radius 3 is 2.23 bits per heavy atom. The Morgan fingerprint density at radius 2 is 1.57 bits per heavy atom. The van der Waals surface area contributed by atoms with Gasteiger partial charge in [0.2, 0.25) is 0 Å². The number of furan rings is 1. The van der Waals surface area contributed by atoms with Gasteiger partial charge in [-0.05, 0) is 67.2 Å². The number of fused-ring (bicyclic) bond motifs is 1. The summed E-state index contributed by atoms with van der Waals surface area (Å²) < 4.78 is 16.0. The molecule has 4 rings (SSSR count). The van der Waals surface area contributed by atoms with Crippen molar-refractivity contribution >= 4 is 51.5 Å². The molecule has 4 aromatic rings. The fourth-order valence-electron chi connectivity index (χ4n) is 3.44. The molecular weight excluding hydrogens is 466 g/mol. The van der Waals surface area contributed by atoms with Crippen LogP contribution in [0, 0.1) is 6.92 Å². The maximum absolute atomic E-state index is 12.6. The van der Waals surface area contributed by atoms with Gasteiger partial charge in [-0.25, -0.2) is 0 Å². The van der Waals surface area contributed by atoms with Crippen LogP contribution in [0.4, 0.5) is 11.4 Å². The van der Waals surface area contributed by atoms with E-state index in [1.54, 1.807) is 42.5 Å². The van der Waals surface area contributed by atoms with Crippen molar-refractivity contribution in [1.29, 1.82) is 0 Å². The minimum absolute atomic E-state index is 0.121. The van der Waals surface area contributed by atoms with Gasteiger partial charge in [-0.15, -0.1) is 0 Å². The number of para-hydroxylation sites is 1. The van der Waals surface area contributed by atoms with Crippen molar-refractivity contribution in [2.45, 2.75) is 6.92 Å². The summed E-state index contributed by atoms with van der Waals surface area (Å²) in [5.74, 6) is 0.451. The molecule has 1 aromatic heterocycles. The van der Waals surface area contributed by atoms with E-state index < -0.39 is 5.91 Å². The Kier molecular flexibility index (Phi) is 6.98. The first kappa shape index (κ1) is 23.8. The zero-order valence-corrected chi connectivity index (χ0v) is 20.1. The van der Waals surface area contributed by atoms with E-state index in [9.17, 15) is 9.59 Å². The lowest BCUT2D eigenvalue weighted by molar-refractivity contribution is 0.0974. The zero-order chi connectivity index (χ0) is 24.9. The molecule has 9 heteroatoms. The highest BCUT2D eigenvalue weighted by Gasteiger charge is 2.15. The van der Waals surface area contributed by atoms with Crippen LogP contribution < -0.4 is 25.4 Å². The fraction of sp³-hybridized carbons (Fsp3) is 0.115. The third-order valence-corrected chi connectivity index (χ3v) is 5.43. The van der Waals surface area contributed by atoms with Crippen LogP contribution in [0.2, 0.25) is 0 Å². The molecule has 0 atom stereocenters. The molecule has 0 unspecified atom stereocenters. The number of benzene rings is 3. The molecule has 0 radical (unpaired) electrons. The van der Waals surface area contributed by atoms with Crippen molar-refractivity contribution in [3.8, 4) is 11.5 Å². The average Bonchev–Trinajstić information content (AvgIpc) is 3.29. The smallest absolute Gasteiger partial charge is 0.291 e. The largest absolute Gasteiger partial charge is 0.497 e. The number of nitrogens with one attached hydrogen (secondary N) is 3. The van der Waals surface area contributed by atoms with E-state index in [4.69, 9.17) is 26.1 Å². The molecular formula is C26H23N3O5S. The van der Waals surface area contributed by atoms with Crippen LogP contribution in [0.5, 0.6) is 11.5 Å². The van der Waals surface area contributed by atoms with E-state index in [1.807, 2.05) is 31.2 Å². The molecule has 3 aromatic carbocycles. The van der Waals surface area contributed by atoms with Crippen LogP contribution >= 0.6 is 12.2 Å². The number of anilines is 2. The predicted octanol–water partition coefficient (Wildman–Crippen LogP) is 5.14. The molecule has 0 fully saturated rings. The Morgan fingerprint density at radius 1 is 0.857 bits per heavy atom. The molecule has 0 aliphatic carbocycles. The molecule has 8 nitrogen and oxygen atoms in total. The van der Waals surface area contributed by atoms with Gasteiger partial charge >= 0.3 is 0 Å². The Labute approximate surface area is 207 Å². The lowest BCUT2D eigenvalue weighted by Gasteiger charge is -2.13. The Hall–Kier alpha value is -4.37. The number of carbonyl (C=O) groups is 2. The summed E-state index contributed by atoms with van der Waals surface area (Å²) in [6, 6.07) is 19.3. The summed E-state index contributed by atoms with van der Waals surface area (Å²) in [6.45, 7) is 1.85. The van der Waals surface area contributed by atoms with Gasteiger partial charge in [0.15, 0.2) is 10.9 Å². The SMILES string of the molecule is COc1cc(OC)cc(C(=O)NC(=S)Nc2ccc(NC(=O)c3cc4ccccc4o3)c(C)c2)c1. The number of hydrogen-bond donors (Lipinski definition) is 3. The maximum atomic E-state index is 12.6. The van der Waals surface area contributed by atoms with E-state index in [2.05, 4.69) is 16.0 Å². The van der Waals surface area contributed by atoms with Crippen LogP contribution in [0.3, 0.4) is 0 Å². The third-order valence-electron chi connectivity index (χ3n) is 5.22. The van der Waals surface area contributed by atoms with Gasteiger partial charge in [0.05, 0.1) is 14.2 Å². The summed E-state index contributed by atoms with van der Waals surface area (Å²) in [5, 5.41) is 9.45. The zero-order valence-electron chi connectivity index (χ0n) is 19.3. The standard InChI is InChI=1S/C26H23N3O5S/c1-15-10-18(27-26(35)29-24(30)17-11-19(32-2)14-20(12-17)33-3)8-9-21(15)28-25(31)23-13-16-6-4-5-7-22(16)34-23/h4-14H,1-3H3,(H,28,31)(H2,27,29,30,35). The second-order valence-corrected chi connectivity index (χ2v) is 8.05. The molecule has 0 saturated carbocycles. The van der Waals surface area contributed by atoms with Gasteiger partial charge in [0, 0.05) is 28.4 Å². The van der Waals surface area contributed by atoms with Gasteiger partial charge < -0.3 is 24.5 Å². The molecule has 0 aliphatic heterocycles. The number of aryl methyl sites for hydroxylation is 1. The van der Waals surface area contributed by atoms with Crippen molar-refractivity contribution in [1.82, 2.24) is 5.32 Å². The van der Waals surface area contributed by atoms with Crippen molar-refractivity contribution in [3.05, 3.63) is 83.6 Å². The predicted molar refractivity (Wildman–Crippen MR) is 139 cm³/mol. The van der Waals surface area contributed by atoms with E-state index in [0.29, 0.717) is 34.0 Å². The Balaban J connectivity index is 1.39. The molecule has 0 aliphatic rings. The highest BCUT2D eigenvalue weighted by Crippen LogP contribution is 2.24. The van der Waals surface area contributed by atoms with Gasteiger partial charge in [-0.2, -0.15) is 0 Å². The lowest BCUT2D eigenvalue weighted by Crippen LogP contribution is -2.34. The topological polar surface area (TPSA) is 102 Å². The second-order valence-electron chi connectivity index (χ2n) is 7.64. The van der Waals surface area contributed by atoms with E-state index in [0.717, 1.165) is 10.9 Å². The number of methoxy groups -OCH3 is 2. The molecule has 2 amide bonds. The van der Waals surface area contributed by atoms with E-state index in [1.165, 1.54) is 14.2 Å². The molecule has 0 spiro atoms. The molecule has 3 N–H and O–H groups in total. The first-order valence-corrected chi connectivity index (χ1v) is 11.0. The van der Waals surface area contributed by atoms with Gasteiger partial charge in [-0.3, -0.25) is 14.9 Å². The lowest BCUT2D eigenvalue weighted by atomic mass is 10.1. The number of ether oxygens (including phenoxy) is 2. The highest BCUT2D eigenvalue weighted by atomic mass is 32.1. The summed E-state index contributed by atoms with van der Waals surface area (Å²) in [6.07, 6.45) is 0. The molecule has 35 heavy (non-hydrogen) atoms. The highest BCUT2D eigenvalue weighted by molar-refractivity contribution is 7.80. The second kappa shape index (κ2) is 10.3. The third kappa shape index (κ3) is 5.59. The number of hydrogen-bond acceptors (Lipinski definition) is 6. The van der Waals surface area contributed by atoms with Crippen LogP contribution in [-0.4, -0.2) is 31.1 Å². The average molecular weight is 490 g/mol. The molecule has 1 heterocycles. The maximum Gasteiger partial charge on any atom is 0.291 e. The minimum atomic E-state index is -0.411. The molecule has 178 valence electrons. The Bertz CT molecular complexity index is 1370. The van der Waals surface area contributed by atoms with Crippen LogP contribution in [0.15, 0.2) is 71.1 Å². The quantitative estimate of drug-likeness (QED) is 0.323. The summed E-state index contributed by atoms with van der Waals surface area (Å²) in [7, 11) is 3.02. The summed E-state index contributed by atoms with van der Waals surface area (Å²) >= 11 is 5.29. The molecule has 0 saturated heterocycles. The number of rotatable bonds is 6.